The van der Waals surface area contributed by atoms with Gasteiger partial charge < -0.3 is 10.5 Å². The molecule has 0 aromatic heterocycles. The molecular formula is C17H27NO. The third-order valence-electron chi connectivity index (χ3n) is 4.06. The molecule has 0 saturated carbocycles. The molecule has 0 radical (unpaired) electrons. The van der Waals surface area contributed by atoms with Crippen molar-refractivity contribution in [1.29, 1.82) is 0 Å². The van der Waals surface area contributed by atoms with Crippen LogP contribution in [0.25, 0.3) is 0 Å². The normalized spacial score (nSPS) is 21.8. The van der Waals surface area contributed by atoms with Crippen molar-refractivity contribution in [2.24, 2.45) is 5.73 Å². The van der Waals surface area contributed by atoms with Crippen LogP contribution in [0.3, 0.4) is 0 Å². The van der Waals surface area contributed by atoms with Gasteiger partial charge in [-0.05, 0) is 24.5 Å². The first kappa shape index (κ1) is 14.4. The molecule has 0 bridgehead atoms. The van der Waals surface area contributed by atoms with Crippen LogP contribution >= 0.6 is 0 Å². The van der Waals surface area contributed by atoms with Gasteiger partial charge >= 0.3 is 0 Å². The lowest BCUT2D eigenvalue weighted by Gasteiger charge is -2.34. The minimum Gasteiger partial charge on any atom is -0.491 e. The lowest BCUT2D eigenvalue weighted by atomic mass is 9.85. The second-order valence-corrected chi connectivity index (χ2v) is 5.95. The summed E-state index contributed by atoms with van der Waals surface area (Å²) < 4.78 is 5.81. The monoisotopic (exact) mass is 261 g/mol. The number of hydrogen-bond acceptors (Lipinski definition) is 2. The van der Waals surface area contributed by atoms with E-state index in [1.807, 2.05) is 12.1 Å². The van der Waals surface area contributed by atoms with Crippen molar-refractivity contribution in [3.05, 3.63) is 29.8 Å². The molecule has 2 N–H and O–H groups in total. The van der Waals surface area contributed by atoms with E-state index in [0.717, 1.165) is 18.6 Å². The number of unbranched alkanes of at least 4 members (excludes halogenated alkanes) is 5. The highest BCUT2D eigenvalue weighted by Gasteiger charge is 2.31. The van der Waals surface area contributed by atoms with Gasteiger partial charge in [-0.2, -0.15) is 0 Å². The van der Waals surface area contributed by atoms with Crippen molar-refractivity contribution in [3.63, 3.8) is 0 Å². The van der Waals surface area contributed by atoms with Gasteiger partial charge in [0.2, 0.25) is 0 Å². The molecule has 19 heavy (non-hydrogen) atoms. The number of ether oxygens (including phenoxy) is 1. The summed E-state index contributed by atoms with van der Waals surface area (Å²) in [4.78, 5) is 0. The summed E-state index contributed by atoms with van der Waals surface area (Å²) in [6.45, 7) is 2.92. The first-order valence-corrected chi connectivity index (χ1v) is 7.73. The smallest absolute Gasteiger partial charge is 0.122 e. The van der Waals surface area contributed by atoms with Crippen molar-refractivity contribution in [3.8, 4) is 5.75 Å². The van der Waals surface area contributed by atoms with Crippen molar-refractivity contribution in [2.45, 2.75) is 63.8 Å². The fourth-order valence-electron chi connectivity index (χ4n) is 2.86. The van der Waals surface area contributed by atoms with Crippen LogP contribution in [0.4, 0.5) is 0 Å². The van der Waals surface area contributed by atoms with E-state index in [4.69, 9.17) is 10.5 Å². The summed E-state index contributed by atoms with van der Waals surface area (Å²) in [5.74, 6) is 1.02. The molecule has 1 heterocycles. The Hall–Kier alpha value is -1.02. The first-order valence-electron chi connectivity index (χ1n) is 7.73. The molecular weight excluding hydrogens is 234 g/mol. The van der Waals surface area contributed by atoms with E-state index in [1.165, 1.54) is 44.1 Å². The molecule has 0 aliphatic carbocycles. The second kappa shape index (κ2) is 6.95. The van der Waals surface area contributed by atoms with Gasteiger partial charge in [0.05, 0.1) is 5.54 Å². The van der Waals surface area contributed by atoms with Crippen molar-refractivity contribution < 1.29 is 4.74 Å². The molecule has 2 heteroatoms. The van der Waals surface area contributed by atoms with Gasteiger partial charge in [0.15, 0.2) is 0 Å². The molecule has 2 nitrogen and oxygen atoms in total. The van der Waals surface area contributed by atoms with Gasteiger partial charge in [0.1, 0.15) is 12.4 Å². The molecule has 0 amide bonds. The fourth-order valence-corrected chi connectivity index (χ4v) is 2.86. The van der Waals surface area contributed by atoms with Crippen LogP contribution in [-0.4, -0.2) is 12.1 Å². The molecule has 1 aromatic rings. The Kier molecular flexibility index (Phi) is 5.26. The highest BCUT2D eigenvalue weighted by Crippen LogP contribution is 2.30. The van der Waals surface area contributed by atoms with Gasteiger partial charge in [-0.1, -0.05) is 63.6 Å². The Labute approximate surface area is 117 Å². The van der Waals surface area contributed by atoms with Gasteiger partial charge in [0, 0.05) is 0 Å². The van der Waals surface area contributed by atoms with E-state index >= 15 is 0 Å². The lowest BCUT2D eigenvalue weighted by molar-refractivity contribution is 0.178. The maximum atomic E-state index is 6.49. The zero-order valence-electron chi connectivity index (χ0n) is 12.2. The SMILES string of the molecule is CCCCCCCCC1(N)COc2ccccc2C1. The minimum atomic E-state index is -0.154. The van der Waals surface area contributed by atoms with E-state index in [9.17, 15) is 0 Å². The van der Waals surface area contributed by atoms with Crippen LogP contribution in [0.2, 0.25) is 0 Å². The summed E-state index contributed by atoms with van der Waals surface area (Å²) in [6, 6.07) is 8.27. The van der Waals surface area contributed by atoms with Crippen LogP contribution < -0.4 is 10.5 Å². The van der Waals surface area contributed by atoms with Crippen LogP contribution in [-0.2, 0) is 6.42 Å². The predicted octanol–water partition coefficient (Wildman–Crippen LogP) is 4.07. The highest BCUT2D eigenvalue weighted by atomic mass is 16.5. The van der Waals surface area contributed by atoms with Crippen molar-refractivity contribution in [2.75, 3.05) is 6.61 Å². The average molecular weight is 261 g/mol. The zero-order chi connectivity index (χ0) is 13.6. The number of fused-ring (bicyclic) bond motifs is 1. The van der Waals surface area contributed by atoms with Crippen molar-refractivity contribution >= 4 is 0 Å². The Bertz CT molecular complexity index is 391. The third-order valence-corrected chi connectivity index (χ3v) is 4.06. The number of rotatable bonds is 7. The molecule has 1 atom stereocenters. The Morgan fingerprint density at radius 2 is 1.84 bits per heavy atom. The molecule has 1 aliphatic rings. The summed E-state index contributed by atoms with van der Waals surface area (Å²) >= 11 is 0. The number of benzene rings is 1. The molecule has 0 saturated heterocycles. The molecule has 0 spiro atoms. The summed E-state index contributed by atoms with van der Waals surface area (Å²) in [5.41, 5.74) is 7.60. The predicted molar refractivity (Wildman–Crippen MR) is 80.6 cm³/mol. The number of para-hydroxylation sites is 1. The Morgan fingerprint density at radius 3 is 2.68 bits per heavy atom. The highest BCUT2D eigenvalue weighted by molar-refractivity contribution is 5.36. The third kappa shape index (κ3) is 4.24. The average Bonchev–Trinajstić information content (AvgIpc) is 2.42. The van der Waals surface area contributed by atoms with Crippen LogP contribution in [0, 0.1) is 0 Å². The van der Waals surface area contributed by atoms with Gasteiger partial charge in [-0.15, -0.1) is 0 Å². The molecule has 1 unspecified atom stereocenters. The molecule has 0 fully saturated rings. The largest absolute Gasteiger partial charge is 0.491 e. The standard InChI is InChI=1S/C17H27NO/c1-2-3-4-5-6-9-12-17(18)13-15-10-7-8-11-16(15)19-14-17/h7-8,10-11H,2-6,9,12-14,18H2,1H3. The van der Waals surface area contributed by atoms with Gasteiger partial charge in [-0.25, -0.2) is 0 Å². The number of nitrogens with two attached hydrogens (primary N) is 1. The molecule has 1 aliphatic heterocycles. The van der Waals surface area contributed by atoms with E-state index in [-0.39, 0.29) is 5.54 Å². The zero-order valence-corrected chi connectivity index (χ0v) is 12.2. The number of hydrogen-bond donors (Lipinski definition) is 1. The van der Waals surface area contributed by atoms with Crippen molar-refractivity contribution in [1.82, 2.24) is 0 Å². The summed E-state index contributed by atoms with van der Waals surface area (Å²) in [5, 5.41) is 0. The van der Waals surface area contributed by atoms with E-state index in [2.05, 4.69) is 19.1 Å². The topological polar surface area (TPSA) is 35.2 Å². The van der Waals surface area contributed by atoms with Gasteiger partial charge in [0.25, 0.3) is 0 Å². The van der Waals surface area contributed by atoms with E-state index in [1.54, 1.807) is 0 Å². The quantitative estimate of drug-likeness (QED) is 0.751. The molecule has 1 aromatic carbocycles. The van der Waals surface area contributed by atoms with E-state index < -0.39 is 0 Å². The van der Waals surface area contributed by atoms with Crippen LogP contribution in [0.5, 0.6) is 5.75 Å². The lowest BCUT2D eigenvalue weighted by Crippen LogP contribution is -2.49. The Morgan fingerprint density at radius 1 is 1.11 bits per heavy atom. The minimum absolute atomic E-state index is 0.154. The second-order valence-electron chi connectivity index (χ2n) is 5.95. The van der Waals surface area contributed by atoms with Crippen LogP contribution in [0.1, 0.15) is 57.4 Å². The molecule has 106 valence electrons. The maximum Gasteiger partial charge on any atom is 0.122 e. The van der Waals surface area contributed by atoms with Gasteiger partial charge in [-0.3, -0.25) is 0 Å². The first-order chi connectivity index (χ1) is 9.23. The summed E-state index contributed by atoms with van der Waals surface area (Å²) in [6.07, 6.45) is 9.96. The maximum absolute atomic E-state index is 6.49. The fraction of sp³-hybridized carbons (Fsp3) is 0.647. The molecule has 2 rings (SSSR count). The Balaban J connectivity index is 1.75. The van der Waals surface area contributed by atoms with Crippen LogP contribution in [0.15, 0.2) is 24.3 Å². The summed E-state index contributed by atoms with van der Waals surface area (Å²) in [7, 11) is 0. The van der Waals surface area contributed by atoms with E-state index in [0.29, 0.717) is 6.61 Å².